The molecule has 0 aromatic heterocycles. The summed E-state index contributed by atoms with van der Waals surface area (Å²) in [7, 11) is 0. The maximum Gasteiger partial charge on any atom is 0.138 e. The van der Waals surface area contributed by atoms with Crippen LogP contribution < -0.4 is 10.1 Å². The highest BCUT2D eigenvalue weighted by molar-refractivity contribution is 6.32. The van der Waals surface area contributed by atoms with Gasteiger partial charge in [-0.15, -0.1) is 0 Å². The van der Waals surface area contributed by atoms with Crippen molar-refractivity contribution in [1.29, 1.82) is 0 Å². The van der Waals surface area contributed by atoms with Crippen molar-refractivity contribution >= 4 is 11.6 Å². The van der Waals surface area contributed by atoms with Crippen molar-refractivity contribution < 1.29 is 4.74 Å². The Balaban J connectivity index is 2.66. The Morgan fingerprint density at radius 2 is 1.83 bits per heavy atom. The summed E-state index contributed by atoms with van der Waals surface area (Å²) in [6, 6.07) is 6.98. The molecule has 18 heavy (non-hydrogen) atoms. The lowest BCUT2D eigenvalue weighted by molar-refractivity contribution is 0.242. The Morgan fingerprint density at radius 3 is 2.33 bits per heavy atom. The molecule has 0 aliphatic carbocycles. The van der Waals surface area contributed by atoms with Gasteiger partial charge in [-0.25, -0.2) is 0 Å². The first kappa shape index (κ1) is 15.3. The summed E-state index contributed by atoms with van der Waals surface area (Å²) in [6.07, 6.45) is 1.12. The van der Waals surface area contributed by atoms with E-state index in [4.69, 9.17) is 16.3 Å². The Morgan fingerprint density at radius 1 is 1.17 bits per heavy atom. The lowest BCUT2D eigenvalue weighted by Crippen LogP contribution is -2.33. The van der Waals surface area contributed by atoms with Gasteiger partial charge < -0.3 is 10.1 Å². The minimum absolute atomic E-state index is 0.148. The minimum Gasteiger partial charge on any atom is -0.489 e. The molecular weight excluding hydrogens is 246 g/mol. The number of ether oxygens (including phenoxy) is 1. The zero-order valence-electron chi connectivity index (χ0n) is 12.0. The third kappa shape index (κ3) is 5.28. The molecule has 102 valence electrons. The normalized spacial score (nSPS) is 13.1. The molecule has 0 aliphatic rings. The molecule has 1 aromatic carbocycles. The van der Waals surface area contributed by atoms with Crippen LogP contribution in [0.4, 0.5) is 0 Å². The number of hydrogen-bond acceptors (Lipinski definition) is 2. The van der Waals surface area contributed by atoms with Gasteiger partial charge in [-0.05, 0) is 44.9 Å². The second-order valence-electron chi connectivity index (χ2n) is 5.36. The highest BCUT2D eigenvalue weighted by Crippen LogP contribution is 2.26. The number of rotatable bonds is 6. The van der Waals surface area contributed by atoms with Gasteiger partial charge in [0.2, 0.25) is 0 Å². The number of halogens is 1. The van der Waals surface area contributed by atoms with Gasteiger partial charge >= 0.3 is 0 Å². The van der Waals surface area contributed by atoms with Gasteiger partial charge in [-0.1, -0.05) is 31.5 Å². The highest BCUT2D eigenvalue weighted by Gasteiger charge is 2.08. The van der Waals surface area contributed by atoms with Gasteiger partial charge in [0.1, 0.15) is 5.75 Å². The predicted molar refractivity (Wildman–Crippen MR) is 78.7 cm³/mol. The van der Waals surface area contributed by atoms with Gasteiger partial charge in [-0.2, -0.15) is 0 Å². The van der Waals surface area contributed by atoms with E-state index in [2.05, 4.69) is 32.2 Å². The highest BCUT2D eigenvalue weighted by atomic mass is 35.5. The van der Waals surface area contributed by atoms with Crippen LogP contribution in [0.2, 0.25) is 5.02 Å². The Bertz CT molecular complexity index is 377. The topological polar surface area (TPSA) is 21.3 Å². The van der Waals surface area contributed by atoms with Crippen LogP contribution in [0.3, 0.4) is 0 Å². The average Bonchev–Trinajstić information content (AvgIpc) is 2.20. The van der Waals surface area contributed by atoms with E-state index < -0.39 is 0 Å². The number of benzene rings is 1. The van der Waals surface area contributed by atoms with E-state index in [1.165, 1.54) is 5.56 Å². The van der Waals surface area contributed by atoms with E-state index in [0.717, 1.165) is 12.2 Å². The second kappa shape index (κ2) is 7.01. The summed E-state index contributed by atoms with van der Waals surface area (Å²) in [5, 5.41) is 4.18. The van der Waals surface area contributed by atoms with E-state index in [1.807, 2.05) is 26.0 Å². The summed E-state index contributed by atoms with van der Waals surface area (Å²) < 4.78 is 5.62. The van der Waals surface area contributed by atoms with Gasteiger partial charge in [-0.3, -0.25) is 0 Å². The smallest absolute Gasteiger partial charge is 0.138 e. The van der Waals surface area contributed by atoms with Crippen molar-refractivity contribution in [3.05, 3.63) is 28.8 Å². The van der Waals surface area contributed by atoms with Crippen molar-refractivity contribution in [3.8, 4) is 5.75 Å². The summed E-state index contributed by atoms with van der Waals surface area (Å²) in [6.45, 7) is 10.5. The molecule has 2 nitrogen and oxygen atoms in total. The molecule has 0 radical (unpaired) electrons. The van der Waals surface area contributed by atoms with Gasteiger partial charge in [0, 0.05) is 12.1 Å². The van der Waals surface area contributed by atoms with Crippen molar-refractivity contribution in [2.45, 2.75) is 59.2 Å². The molecule has 1 aromatic rings. The van der Waals surface area contributed by atoms with E-state index in [-0.39, 0.29) is 6.10 Å². The largest absolute Gasteiger partial charge is 0.489 e. The molecule has 0 heterocycles. The first-order chi connectivity index (χ1) is 8.38. The second-order valence-corrected chi connectivity index (χ2v) is 5.77. The number of hydrogen-bond donors (Lipinski definition) is 1. The zero-order valence-corrected chi connectivity index (χ0v) is 12.7. The molecule has 0 bridgehead atoms. The molecule has 0 aliphatic heterocycles. The molecule has 1 N–H and O–H groups in total. The van der Waals surface area contributed by atoms with Crippen LogP contribution in [-0.2, 0) is 6.42 Å². The van der Waals surface area contributed by atoms with Crippen molar-refractivity contribution in [3.63, 3.8) is 0 Å². The summed E-state index contributed by atoms with van der Waals surface area (Å²) in [4.78, 5) is 0. The van der Waals surface area contributed by atoms with Crippen LogP contribution >= 0.6 is 11.6 Å². The third-order valence-corrected chi connectivity index (χ3v) is 2.81. The fourth-order valence-electron chi connectivity index (χ4n) is 2.00. The molecule has 0 fully saturated rings. The van der Waals surface area contributed by atoms with Gasteiger partial charge in [0.15, 0.2) is 0 Å². The first-order valence-corrected chi connectivity index (χ1v) is 6.97. The Labute approximate surface area is 116 Å². The van der Waals surface area contributed by atoms with Gasteiger partial charge in [0.05, 0.1) is 11.1 Å². The molecule has 0 amide bonds. The predicted octanol–water partition coefficient (Wildman–Crippen LogP) is 4.06. The maximum absolute atomic E-state index is 6.22. The molecule has 1 unspecified atom stereocenters. The van der Waals surface area contributed by atoms with E-state index >= 15 is 0 Å². The minimum atomic E-state index is 0.148. The van der Waals surface area contributed by atoms with E-state index in [1.54, 1.807) is 0 Å². The lowest BCUT2D eigenvalue weighted by atomic mass is 10.1. The molecular formula is C15H24ClNO. The maximum atomic E-state index is 6.22. The van der Waals surface area contributed by atoms with Crippen LogP contribution in [-0.4, -0.2) is 18.2 Å². The summed E-state index contributed by atoms with van der Waals surface area (Å²) in [5.41, 5.74) is 1.23. The van der Waals surface area contributed by atoms with Crippen molar-refractivity contribution in [2.24, 2.45) is 0 Å². The SMILES string of the molecule is CC(C)NC(C)Cc1ccc(OC(C)C)c(Cl)c1. The standard InChI is InChI=1S/C15H24ClNO/c1-10(2)17-12(5)8-13-6-7-15(14(16)9-13)18-11(3)4/h6-7,9-12,17H,8H2,1-5H3. The number of nitrogens with one attached hydrogen (secondary N) is 1. The fraction of sp³-hybridized carbons (Fsp3) is 0.600. The summed E-state index contributed by atoms with van der Waals surface area (Å²) >= 11 is 6.22. The first-order valence-electron chi connectivity index (χ1n) is 6.59. The quantitative estimate of drug-likeness (QED) is 0.841. The molecule has 0 saturated carbocycles. The van der Waals surface area contributed by atoms with Crippen molar-refractivity contribution in [2.75, 3.05) is 0 Å². The molecule has 0 spiro atoms. The molecule has 3 heteroatoms. The van der Waals surface area contributed by atoms with Crippen molar-refractivity contribution in [1.82, 2.24) is 5.32 Å². The van der Waals surface area contributed by atoms with Crippen LogP contribution in [0.1, 0.15) is 40.2 Å². The van der Waals surface area contributed by atoms with Crippen LogP contribution in [0.25, 0.3) is 0 Å². The summed E-state index contributed by atoms with van der Waals surface area (Å²) in [5.74, 6) is 0.764. The fourth-order valence-corrected chi connectivity index (χ4v) is 2.25. The molecule has 1 rings (SSSR count). The lowest BCUT2D eigenvalue weighted by Gasteiger charge is -2.18. The van der Waals surface area contributed by atoms with Gasteiger partial charge in [0.25, 0.3) is 0 Å². The zero-order chi connectivity index (χ0) is 13.7. The third-order valence-electron chi connectivity index (χ3n) is 2.52. The average molecular weight is 270 g/mol. The Kier molecular flexibility index (Phi) is 5.97. The van der Waals surface area contributed by atoms with E-state index in [0.29, 0.717) is 17.1 Å². The van der Waals surface area contributed by atoms with Crippen LogP contribution in [0.5, 0.6) is 5.75 Å². The molecule has 1 atom stereocenters. The molecule has 0 saturated heterocycles. The van der Waals surface area contributed by atoms with Crippen LogP contribution in [0, 0.1) is 0 Å². The van der Waals surface area contributed by atoms with E-state index in [9.17, 15) is 0 Å². The van der Waals surface area contributed by atoms with Crippen LogP contribution in [0.15, 0.2) is 18.2 Å². The Hall–Kier alpha value is -0.730. The monoisotopic (exact) mass is 269 g/mol.